The summed E-state index contributed by atoms with van der Waals surface area (Å²) in [6.45, 7) is 5.24. The molecule has 0 saturated heterocycles. The van der Waals surface area contributed by atoms with Gasteiger partial charge in [0, 0.05) is 25.2 Å². The molecule has 1 heterocycles. The maximum atomic E-state index is 11.8. The summed E-state index contributed by atoms with van der Waals surface area (Å²) in [5, 5.41) is 2.81. The van der Waals surface area contributed by atoms with Gasteiger partial charge in [-0.25, -0.2) is 0 Å². The molecule has 5 nitrogen and oxygen atoms in total. The van der Waals surface area contributed by atoms with Gasteiger partial charge in [-0.05, 0) is 38.3 Å². The lowest BCUT2D eigenvalue weighted by Gasteiger charge is -2.10. The summed E-state index contributed by atoms with van der Waals surface area (Å²) >= 11 is 0. The van der Waals surface area contributed by atoms with Gasteiger partial charge in [0.25, 0.3) is 5.56 Å². The van der Waals surface area contributed by atoms with Crippen molar-refractivity contribution >= 4 is 11.6 Å². The molecule has 1 atom stereocenters. The Bertz CT molecular complexity index is 468. The predicted molar refractivity (Wildman–Crippen MR) is 77.1 cm³/mol. The van der Waals surface area contributed by atoms with Crippen LogP contribution in [0.3, 0.4) is 0 Å². The fraction of sp³-hybridized carbons (Fsp3) is 0.571. The molecule has 0 aliphatic heterocycles. The van der Waals surface area contributed by atoms with Crippen LogP contribution in [0.5, 0.6) is 0 Å². The number of anilines is 1. The number of carbonyl (C=O) groups is 1. The fourth-order valence-corrected chi connectivity index (χ4v) is 1.88. The van der Waals surface area contributed by atoms with Crippen molar-refractivity contribution < 1.29 is 4.79 Å². The number of amides is 1. The molecule has 0 fully saturated rings. The molecule has 106 valence electrons. The number of carbonyl (C=O) groups excluding carboxylic acids is 1. The lowest BCUT2D eigenvalue weighted by molar-refractivity contribution is -0.116. The standard InChI is InChI=1S/C14H23N3O2/c1-3-17-10-12(5-7-14(17)19)16-13(18)6-4-11(2)8-9-15/h5,7,10-11H,3-4,6,8-9,15H2,1-2H3,(H,16,18). The maximum absolute atomic E-state index is 11.8. The van der Waals surface area contributed by atoms with Crippen molar-refractivity contribution in [1.29, 1.82) is 0 Å². The van der Waals surface area contributed by atoms with E-state index >= 15 is 0 Å². The van der Waals surface area contributed by atoms with Crippen LogP contribution in [0.25, 0.3) is 0 Å². The normalized spacial score (nSPS) is 12.2. The molecular weight excluding hydrogens is 242 g/mol. The second kappa shape index (κ2) is 7.74. The largest absolute Gasteiger partial charge is 0.330 e. The minimum Gasteiger partial charge on any atom is -0.330 e. The van der Waals surface area contributed by atoms with Gasteiger partial charge in [-0.2, -0.15) is 0 Å². The summed E-state index contributed by atoms with van der Waals surface area (Å²) in [5.74, 6) is 0.436. The second-order valence-corrected chi connectivity index (χ2v) is 4.81. The van der Waals surface area contributed by atoms with E-state index in [4.69, 9.17) is 5.73 Å². The molecule has 0 radical (unpaired) electrons. The molecule has 0 spiro atoms. The summed E-state index contributed by atoms with van der Waals surface area (Å²) in [7, 11) is 0. The number of nitrogens with two attached hydrogens (primary N) is 1. The van der Waals surface area contributed by atoms with Crippen LogP contribution in [0.1, 0.15) is 33.1 Å². The maximum Gasteiger partial charge on any atom is 0.250 e. The van der Waals surface area contributed by atoms with Crippen molar-refractivity contribution in [1.82, 2.24) is 4.57 Å². The SMILES string of the molecule is CCn1cc(NC(=O)CCC(C)CCN)ccc1=O. The monoisotopic (exact) mass is 265 g/mol. The zero-order valence-electron chi connectivity index (χ0n) is 11.7. The van der Waals surface area contributed by atoms with Crippen molar-refractivity contribution in [3.8, 4) is 0 Å². The molecule has 0 bridgehead atoms. The van der Waals surface area contributed by atoms with E-state index in [0.29, 0.717) is 31.1 Å². The first-order chi connectivity index (χ1) is 9.06. The molecule has 0 saturated carbocycles. The van der Waals surface area contributed by atoms with Gasteiger partial charge in [0.15, 0.2) is 0 Å². The van der Waals surface area contributed by atoms with Crippen LogP contribution < -0.4 is 16.6 Å². The summed E-state index contributed by atoms with van der Waals surface area (Å²) in [6, 6.07) is 3.10. The van der Waals surface area contributed by atoms with E-state index in [1.165, 1.54) is 6.07 Å². The molecule has 3 N–H and O–H groups in total. The number of nitrogens with zero attached hydrogens (tertiary/aromatic N) is 1. The number of hydrogen-bond donors (Lipinski definition) is 2. The van der Waals surface area contributed by atoms with Crippen LogP contribution in [-0.2, 0) is 11.3 Å². The lowest BCUT2D eigenvalue weighted by atomic mass is 10.0. The Kier molecular flexibility index (Phi) is 6.29. The summed E-state index contributed by atoms with van der Waals surface area (Å²) in [4.78, 5) is 23.2. The van der Waals surface area contributed by atoms with E-state index in [-0.39, 0.29) is 11.5 Å². The van der Waals surface area contributed by atoms with Crippen LogP contribution in [0.15, 0.2) is 23.1 Å². The zero-order valence-corrected chi connectivity index (χ0v) is 11.7. The van der Waals surface area contributed by atoms with Crippen LogP contribution in [0.2, 0.25) is 0 Å². The van der Waals surface area contributed by atoms with Gasteiger partial charge in [0.05, 0.1) is 5.69 Å². The van der Waals surface area contributed by atoms with E-state index in [1.54, 1.807) is 16.8 Å². The minimum atomic E-state index is -0.0583. The highest BCUT2D eigenvalue weighted by molar-refractivity contribution is 5.90. The Morgan fingerprint density at radius 3 is 2.79 bits per heavy atom. The van der Waals surface area contributed by atoms with Crippen LogP contribution in [-0.4, -0.2) is 17.0 Å². The average Bonchev–Trinajstić information content (AvgIpc) is 2.39. The molecule has 1 unspecified atom stereocenters. The van der Waals surface area contributed by atoms with Gasteiger partial charge in [-0.1, -0.05) is 6.92 Å². The summed E-state index contributed by atoms with van der Waals surface area (Å²) in [6.07, 6.45) is 3.92. The van der Waals surface area contributed by atoms with Crippen LogP contribution in [0, 0.1) is 5.92 Å². The minimum absolute atomic E-state index is 0.0230. The third-order valence-corrected chi connectivity index (χ3v) is 3.13. The topological polar surface area (TPSA) is 77.1 Å². The third-order valence-electron chi connectivity index (χ3n) is 3.13. The van der Waals surface area contributed by atoms with Gasteiger partial charge in [-0.3, -0.25) is 9.59 Å². The highest BCUT2D eigenvalue weighted by Gasteiger charge is 2.07. The number of hydrogen-bond acceptors (Lipinski definition) is 3. The predicted octanol–water partition coefficient (Wildman–Crippen LogP) is 1.57. The Balaban J connectivity index is 2.50. The van der Waals surface area contributed by atoms with E-state index in [1.807, 2.05) is 6.92 Å². The fourth-order valence-electron chi connectivity index (χ4n) is 1.88. The quantitative estimate of drug-likeness (QED) is 0.785. The molecule has 1 amide bonds. The van der Waals surface area contributed by atoms with Gasteiger partial charge in [-0.15, -0.1) is 0 Å². The number of nitrogens with one attached hydrogen (secondary N) is 1. The Hall–Kier alpha value is -1.62. The molecule has 0 aliphatic carbocycles. The van der Waals surface area contributed by atoms with E-state index in [9.17, 15) is 9.59 Å². The van der Waals surface area contributed by atoms with E-state index in [2.05, 4.69) is 12.2 Å². The van der Waals surface area contributed by atoms with E-state index < -0.39 is 0 Å². The van der Waals surface area contributed by atoms with Crippen molar-refractivity contribution in [3.63, 3.8) is 0 Å². The van der Waals surface area contributed by atoms with Crippen molar-refractivity contribution in [2.75, 3.05) is 11.9 Å². The van der Waals surface area contributed by atoms with Gasteiger partial charge in [0.1, 0.15) is 0 Å². The van der Waals surface area contributed by atoms with E-state index in [0.717, 1.165) is 12.8 Å². The molecule has 1 aromatic rings. The highest BCUT2D eigenvalue weighted by atomic mass is 16.1. The lowest BCUT2D eigenvalue weighted by Crippen LogP contribution is -2.20. The molecule has 0 aromatic carbocycles. The van der Waals surface area contributed by atoms with Crippen LogP contribution in [0.4, 0.5) is 5.69 Å². The number of rotatable bonds is 7. The Morgan fingerprint density at radius 1 is 1.42 bits per heavy atom. The summed E-state index contributed by atoms with van der Waals surface area (Å²) < 4.78 is 1.56. The van der Waals surface area contributed by atoms with Gasteiger partial charge >= 0.3 is 0 Å². The molecule has 0 aliphatic rings. The van der Waals surface area contributed by atoms with Crippen molar-refractivity contribution in [2.24, 2.45) is 11.7 Å². The van der Waals surface area contributed by atoms with Gasteiger partial charge < -0.3 is 15.6 Å². The van der Waals surface area contributed by atoms with Crippen molar-refractivity contribution in [3.05, 3.63) is 28.7 Å². The first-order valence-electron chi connectivity index (χ1n) is 6.77. The molecule has 5 heteroatoms. The third kappa shape index (κ3) is 5.26. The van der Waals surface area contributed by atoms with Crippen molar-refractivity contribution in [2.45, 2.75) is 39.7 Å². The molecular formula is C14H23N3O2. The second-order valence-electron chi connectivity index (χ2n) is 4.81. The molecule has 19 heavy (non-hydrogen) atoms. The summed E-state index contributed by atoms with van der Waals surface area (Å²) in [5.41, 5.74) is 6.08. The number of aromatic nitrogens is 1. The Labute approximate surface area is 113 Å². The number of pyridine rings is 1. The Morgan fingerprint density at radius 2 is 2.16 bits per heavy atom. The highest BCUT2D eigenvalue weighted by Crippen LogP contribution is 2.11. The van der Waals surface area contributed by atoms with Crippen LogP contribution >= 0.6 is 0 Å². The molecule has 1 aromatic heterocycles. The smallest absolute Gasteiger partial charge is 0.250 e. The average molecular weight is 265 g/mol. The van der Waals surface area contributed by atoms with Gasteiger partial charge in [0.2, 0.25) is 5.91 Å². The number of aryl methyl sites for hydroxylation is 1. The zero-order chi connectivity index (χ0) is 14.3. The first-order valence-corrected chi connectivity index (χ1v) is 6.77. The first kappa shape index (κ1) is 15.4. The molecule has 1 rings (SSSR count).